The Labute approximate surface area is 231 Å². The van der Waals surface area contributed by atoms with Gasteiger partial charge in [-0.25, -0.2) is 14.8 Å². The Morgan fingerprint density at radius 2 is 1.64 bits per heavy atom. The Hall–Kier alpha value is -4.42. The predicted molar refractivity (Wildman–Crippen MR) is 156 cm³/mol. The highest BCUT2D eigenvalue weighted by Gasteiger charge is 2.16. The Kier molecular flexibility index (Phi) is 6.41. The molecule has 0 saturated carbocycles. The molecule has 0 unspecified atom stereocenters. The van der Waals surface area contributed by atoms with Crippen LogP contribution >= 0.6 is 11.6 Å². The van der Waals surface area contributed by atoms with Crippen LogP contribution < -0.4 is 0 Å². The SMILES string of the molecule is CCCc1nc2ccc(-c3nc4cc(Cl)ccc4n3C)cc2n1Cc1ccc(-c2ccccc2C(=O)O)cc1. The van der Waals surface area contributed by atoms with E-state index in [0.29, 0.717) is 22.7 Å². The Morgan fingerprint density at radius 1 is 0.872 bits per heavy atom. The van der Waals surface area contributed by atoms with Gasteiger partial charge in [0, 0.05) is 30.6 Å². The lowest BCUT2D eigenvalue weighted by Gasteiger charge is -2.11. The van der Waals surface area contributed by atoms with Gasteiger partial charge in [-0.15, -0.1) is 0 Å². The van der Waals surface area contributed by atoms with Gasteiger partial charge in [-0.3, -0.25) is 0 Å². The maximum absolute atomic E-state index is 11.7. The second-order valence-corrected chi connectivity index (χ2v) is 10.2. The van der Waals surface area contributed by atoms with E-state index >= 15 is 0 Å². The second kappa shape index (κ2) is 10.0. The molecule has 0 radical (unpaired) electrons. The maximum atomic E-state index is 11.7. The van der Waals surface area contributed by atoms with Crippen molar-refractivity contribution in [2.45, 2.75) is 26.3 Å². The minimum Gasteiger partial charge on any atom is -0.478 e. The van der Waals surface area contributed by atoms with Gasteiger partial charge in [0.2, 0.25) is 0 Å². The molecular formula is C32H27ClN4O2. The van der Waals surface area contributed by atoms with E-state index in [1.54, 1.807) is 12.1 Å². The fourth-order valence-corrected chi connectivity index (χ4v) is 5.39. The second-order valence-electron chi connectivity index (χ2n) is 9.74. The summed E-state index contributed by atoms with van der Waals surface area (Å²) in [5.74, 6) is 0.991. The summed E-state index contributed by atoms with van der Waals surface area (Å²) in [5, 5.41) is 10.3. The highest BCUT2D eigenvalue weighted by Crippen LogP contribution is 2.30. The molecule has 0 spiro atoms. The number of nitrogens with zero attached hydrogens (tertiary/aromatic N) is 4. The highest BCUT2D eigenvalue weighted by atomic mass is 35.5. The first-order chi connectivity index (χ1) is 18.9. The number of imidazole rings is 2. The smallest absolute Gasteiger partial charge is 0.336 e. The molecule has 2 aromatic heterocycles. The summed E-state index contributed by atoms with van der Waals surface area (Å²) in [6, 6.07) is 27.3. The molecule has 0 aliphatic heterocycles. The monoisotopic (exact) mass is 534 g/mol. The molecule has 0 bridgehead atoms. The van der Waals surface area contributed by atoms with E-state index in [9.17, 15) is 9.90 Å². The molecule has 0 atom stereocenters. The van der Waals surface area contributed by atoms with Crippen LogP contribution in [0, 0.1) is 0 Å². The summed E-state index contributed by atoms with van der Waals surface area (Å²) in [5.41, 5.74) is 7.93. The van der Waals surface area contributed by atoms with Gasteiger partial charge in [-0.05, 0) is 65.6 Å². The predicted octanol–water partition coefficient (Wildman–Crippen LogP) is 7.61. The van der Waals surface area contributed by atoms with Crippen molar-refractivity contribution in [1.29, 1.82) is 0 Å². The van der Waals surface area contributed by atoms with E-state index in [-0.39, 0.29) is 0 Å². The first kappa shape index (κ1) is 24.9. The maximum Gasteiger partial charge on any atom is 0.336 e. The first-order valence-electron chi connectivity index (χ1n) is 13.0. The molecule has 39 heavy (non-hydrogen) atoms. The van der Waals surface area contributed by atoms with Gasteiger partial charge in [-0.2, -0.15) is 0 Å². The number of aromatic nitrogens is 4. The van der Waals surface area contributed by atoms with Crippen molar-refractivity contribution < 1.29 is 9.90 Å². The molecule has 0 aliphatic carbocycles. The standard InChI is InChI=1S/C32H27ClN4O2/c1-3-6-30-34-26-15-13-22(31-35-27-18-23(33)14-16-28(27)36(31)2)17-29(26)37(30)19-20-9-11-21(12-10-20)24-7-4-5-8-25(24)32(38)39/h4-5,7-18H,3,6,19H2,1-2H3,(H,38,39). The van der Waals surface area contributed by atoms with Gasteiger partial charge in [0.1, 0.15) is 11.6 Å². The molecule has 6 aromatic rings. The first-order valence-corrected chi connectivity index (χ1v) is 13.3. The number of benzene rings is 4. The van der Waals surface area contributed by atoms with Crippen molar-refractivity contribution in [2.24, 2.45) is 7.05 Å². The van der Waals surface area contributed by atoms with Crippen LogP contribution in [0.4, 0.5) is 0 Å². The molecule has 4 aromatic carbocycles. The minimum atomic E-state index is -0.928. The van der Waals surface area contributed by atoms with Crippen LogP contribution in [-0.4, -0.2) is 30.2 Å². The quantitative estimate of drug-likeness (QED) is 0.229. The zero-order valence-electron chi connectivity index (χ0n) is 21.7. The number of aromatic carboxylic acids is 1. The topological polar surface area (TPSA) is 72.9 Å². The summed E-state index contributed by atoms with van der Waals surface area (Å²) in [4.78, 5) is 21.5. The zero-order valence-corrected chi connectivity index (χ0v) is 22.5. The van der Waals surface area contributed by atoms with Crippen molar-refractivity contribution in [3.05, 3.63) is 107 Å². The summed E-state index contributed by atoms with van der Waals surface area (Å²) in [6.07, 6.45) is 1.87. The van der Waals surface area contributed by atoms with E-state index in [0.717, 1.165) is 63.2 Å². The minimum absolute atomic E-state index is 0.299. The normalized spacial score (nSPS) is 11.5. The van der Waals surface area contributed by atoms with Crippen LogP contribution in [0.3, 0.4) is 0 Å². The molecule has 194 valence electrons. The molecule has 0 saturated heterocycles. The zero-order chi connectivity index (χ0) is 27.1. The number of fused-ring (bicyclic) bond motifs is 2. The number of aryl methyl sites for hydroxylation is 2. The van der Waals surface area contributed by atoms with E-state index in [1.165, 1.54) is 0 Å². The van der Waals surface area contributed by atoms with Crippen LogP contribution in [0.15, 0.2) is 84.9 Å². The Balaban J connectivity index is 1.39. The molecule has 0 fully saturated rings. The third-order valence-electron chi connectivity index (χ3n) is 7.17. The van der Waals surface area contributed by atoms with E-state index in [4.69, 9.17) is 21.6 Å². The van der Waals surface area contributed by atoms with Crippen LogP contribution in [0.25, 0.3) is 44.6 Å². The number of carboxylic acid groups (broad SMARTS) is 1. The van der Waals surface area contributed by atoms with Gasteiger partial charge in [-0.1, -0.05) is 61.0 Å². The van der Waals surface area contributed by atoms with Crippen LogP contribution in [-0.2, 0) is 20.0 Å². The van der Waals surface area contributed by atoms with Crippen molar-refractivity contribution in [1.82, 2.24) is 19.1 Å². The number of carbonyl (C=O) groups is 1. The van der Waals surface area contributed by atoms with Crippen molar-refractivity contribution in [2.75, 3.05) is 0 Å². The van der Waals surface area contributed by atoms with E-state index in [1.807, 2.05) is 49.5 Å². The third kappa shape index (κ3) is 4.57. The average Bonchev–Trinajstić information content (AvgIpc) is 3.45. The molecular weight excluding hydrogens is 508 g/mol. The molecule has 1 N–H and O–H groups in total. The van der Waals surface area contributed by atoms with Gasteiger partial charge >= 0.3 is 5.97 Å². The van der Waals surface area contributed by atoms with Crippen molar-refractivity contribution in [3.8, 4) is 22.5 Å². The number of carboxylic acids is 1. The van der Waals surface area contributed by atoms with Crippen molar-refractivity contribution >= 4 is 39.6 Å². The lowest BCUT2D eigenvalue weighted by atomic mass is 9.99. The molecule has 2 heterocycles. The number of rotatable bonds is 7. The van der Waals surface area contributed by atoms with E-state index in [2.05, 4.69) is 46.4 Å². The van der Waals surface area contributed by atoms with Crippen LogP contribution in [0.1, 0.15) is 35.1 Å². The number of hydrogen-bond donors (Lipinski definition) is 1. The summed E-state index contributed by atoms with van der Waals surface area (Å²) in [7, 11) is 2.02. The Morgan fingerprint density at radius 3 is 2.41 bits per heavy atom. The average molecular weight is 535 g/mol. The van der Waals surface area contributed by atoms with Gasteiger partial charge in [0.15, 0.2) is 0 Å². The third-order valence-corrected chi connectivity index (χ3v) is 7.40. The highest BCUT2D eigenvalue weighted by molar-refractivity contribution is 6.31. The van der Waals surface area contributed by atoms with Crippen molar-refractivity contribution in [3.63, 3.8) is 0 Å². The number of hydrogen-bond acceptors (Lipinski definition) is 3. The van der Waals surface area contributed by atoms with Gasteiger partial charge in [0.25, 0.3) is 0 Å². The van der Waals surface area contributed by atoms with E-state index < -0.39 is 5.97 Å². The summed E-state index contributed by atoms with van der Waals surface area (Å²) in [6.45, 7) is 2.82. The summed E-state index contributed by atoms with van der Waals surface area (Å²) >= 11 is 6.21. The molecule has 6 rings (SSSR count). The fraction of sp³-hybridized carbons (Fsp3) is 0.156. The number of halogens is 1. The van der Waals surface area contributed by atoms with Crippen LogP contribution in [0.5, 0.6) is 0 Å². The fourth-order valence-electron chi connectivity index (χ4n) is 5.23. The molecule has 7 heteroatoms. The van der Waals surface area contributed by atoms with Gasteiger partial charge in [0.05, 0.1) is 27.6 Å². The summed E-state index contributed by atoms with van der Waals surface area (Å²) < 4.78 is 4.37. The largest absolute Gasteiger partial charge is 0.478 e. The lowest BCUT2D eigenvalue weighted by molar-refractivity contribution is 0.0697. The van der Waals surface area contributed by atoms with Crippen LogP contribution in [0.2, 0.25) is 5.02 Å². The molecule has 0 amide bonds. The Bertz CT molecular complexity index is 1850. The molecule has 6 nitrogen and oxygen atoms in total. The van der Waals surface area contributed by atoms with Gasteiger partial charge < -0.3 is 14.2 Å². The molecule has 0 aliphatic rings. The lowest BCUT2D eigenvalue weighted by Crippen LogP contribution is -2.05.